The summed E-state index contributed by atoms with van der Waals surface area (Å²) in [5, 5.41) is 3.74. The van der Waals surface area contributed by atoms with Crippen molar-refractivity contribution in [2.45, 2.75) is 19.7 Å². The SMILES string of the molecule is Cc1cc(Nc2ncnc3cc(OCC(F)(F)F)c(N)cc23)ccc1OCc1ccccn1. The van der Waals surface area contributed by atoms with Gasteiger partial charge in [0.15, 0.2) is 6.61 Å². The first-order chi connectivity index (χ1) is 15.8. The first kappa shape index (κ1) is 22.1. The molecule has 4 aromatic rings. The Bertz CT molecular complexity index is 1270. The van der Waals surface area contributed by atoms with Crippen LogP contribution in [0.25, 0.3) is 10.9 Å². The number of rotatable bonds is 7. The van der Waals surface area contributed by atoms with Crippen molar-refractivity contribution in [3.63, 3.8) is 0 Å². The Kier molecular flexibility index (Phi) is 6.16. The normalized spacial score (nSPS) is 11.4. The van der Waals surface area contributed by atoms with Crippen LogP contribution in [-0.2, 0) is 6.61 Å². The minimum absolute atomic E-state index is 0.0547. The molecule has 0 amide bonds. The van der Waals surface area contributed by atoms with Gasteiger partial charge in [-0.05, 0) is 48.9 Å². The Hall–Kier alpha value is -4.08. The summed E-state index contributed by atoms with van der Waals surface area (Å²) in [6.45, 7) is 0.829. The zero-order chi connectivity index (χ0) is 23.4. The number of nitrogen functional groups attached to an aromatic ring is 1. The standard InChI is InChI=1S/C23H20F3N5O2/c1-14-8-15(5-6-20(14)32-11-16-4-2-3-7-28-16)31-22-17-9-18(27)21(33-12-23(24,25)26)10-19(17)29-13-30-22/h2-10,13H,11-12,27H2,1H3,(H,29,30,31). The number of aromatic nitrogens is 3. The highest BCUT2D eigenvalue weighted by Gasteiger charge is 2.29. The monoisotopic (exact) mass is 455 g/mol. The highest BCUT2D eigenvalue weighted by molar-refractivity contribution is 5.94. The van der Waals surface area contributed by atoms with Gasteiger partial charge in [0.25, 0.3) is 0 Å². The molecule has 0 spiro atoms. The van der Waals surface area contributed by atoms with Gasteiger partial charge >= 0.3 is 6.18 Å². The van der Waals surface area contributed by atoms with Crippen LogP contribution < -0.4 is 20.5 Å². The van der Waals surface area contributed by atoms with Crippen molar-refractivity contribution in [1.82, 2.24) is 15.0 Å². The van der Waals surface area contributed by atoms with Crippen molar-refractivity contribution in [3.8, 4) is 11.5 Å². The number of pyridine rings is 1. The number of halogens is 3. The van der Waals surface area contributed by atoms with E-state index in [0.29, 0.717) is 23.3 Å². The molecule has 3 N–H and O–H groups in total. The molecule has 2 heterocycles. The lowest BCUT2D eigenvalue weighted by atomic mass is 10.1. The minimum Gasteiger partial charge on any atom is -0.487 e. The Balaban J connectivity index is 1.52. The lowest BCUT2D eigenvalue weighted by Crippen LogP contribution is -2.19. The van der Waals surface area contributed by atoms with Crippen LogP contribution in [-0.4, -0.2) is 27.7 Å². The van der Waals surface area contributed by atoms with Gasteiger partial charge in [-0.2, -0.15) is 13.2 Å². The van der Waals surface area contributed by atoms with Gasteiger partial charge in [-0.15, -0.1) is 0 Å². The van der Waals surface area contributed by atoms with Gasteiger partial charge < -0.3 is 20.5 Å². The topological polar surface area (TPSA) is 95.2 Å². The highest BCUT2D eigenvalue weighted by Crippen LogP contribution is 2.33. The molecule has 0 aliphatic heterocycles. The van der Waals surface area contributed by atoms with E-state index in [0.717, 1.165) is 22.7 Å². The van der Waals surface area contributed by atoms with E-state index in [1.165, 1.54) is 18.5 Å². The molecule has 10 heteroatoms. The largest absolute Gasteiger partial charge is 0.487 e. The fourth-order valence-corrected chi connectivity index (χ4v) is 3.15. The third-order valence-corrected chi connectivity index (χ3v) is 4.70. The molecule has 0 atom stereocenters. The summed E-state index contributed by atoms with van der Waals surface area (Å²) >= 11 is 0. The summed E-state index contributed by atoms with van der Waals surface area (Å²) in [7, 11) is 0. The summed E-state index contributed by atoms with van der Waals surface area (Å²) in [6.07, 6.45) is -1.44. The molecule has 0 saturated heterocycles. The molecule has 4 rings (SSSR count). The van der Waals surface area contributed by atoms with Crippen LogP contribution in [0.1, 0.15) is 11.3 Å². The van der Waals surface area contributed by atoms with Crippen molar-refractivity contribution in [1.29, 1.82) is 0 Å². The molecule has 7 nitrogen and oxygen atoms in total. The molecule has 0 bridgehead atoms. The number of alkyl halides is 3. The number of hydrogen-bond acceptors (Lipinski definition) is 7. The van der Waals surface area contributed by atoms with E-state index in [1.807, 2.05) is 43.3 Å². The van der Waals surface area contributed by atoms with Crippen LogP contribution in [0.3, 0.4) is 0 Å². The van der Waals surface area contributed by atoms with Gasteiger partial charge in [0.2, 0.25) is 0 Å². The van der Waals surface area contributed by atoms with E-state index in [4.69, 9.17) is 15.2 Å². The number of aryl methyl sites for hydroxylation is 1. The van der Waals surface area contributed by atoms with Gasteiger partial charge in [0, 0.05) is 23.3 Å². The third kappa shape index (κ3) is 5.59. The summed E-state index contributed by atoms with van der Waals surface area (Å²) in [4.78, 5) is 12.6. The molecule has 0 radical (unpaired) electrons. The van der Waals surface area contributed by atoms with E-state index in [9.17, 15) is 13.2 Å². The number of nitrogens with one attached hydrogen (secondary N) is 1. The second-order valence-corrected chi connectivity index (χ2v) is 7.25. The van der Waals surface area contributed by atoms with E-state index in [1.54, 1.807) is 6.20 Å². The highest BCUT2D eigenvalue weighted by atomic mass is 19.4. The number of anilines is 3. The summed E-state index contributed by atoms with van der Waals surface area (Å²) in [6, 6.07) is 14.0. The van der Waals surface area contributed by atoms with Gasteiger partial charge in [-0.3, -0.25) is 4.98 Å². The lowest BCUT2D eigenvalue weighted by molar-refractivity contribution is -0.153. The average molecular weight is 455 g/mol. The fourth-order valence-electron chi connectivity index (χ4n) is 3.15. The van der Waals surface area contributed by atoms with Crippen LogP contribution in [0.15, 0.2) is 61.1 Å². The second-order valence-electron chi connectivity index (χ2n) is 7.25. The maximum absolute atomic E-state index is 12.5. The van der Waals surface area contributed by atoms with Gasteiger partial charge in [-0.1, -0.05) is 6.07 Å². The van der Waals surface area contributed by atoms with Crippen LogP contribution in [0.2, 0.25) is 0 Å². The number of hydrogen-bond donors (Lipinski definition) is 2. The van der Waals surface area contributed by atoms with Crippen molar-refractivity contribution in [2.24, 2.45) is 0 Å². The molecule has 33 heavy (non-hydrogen) atoms. The van der Waals surface area contributed by atoms with Gasteiger partial charge in [0.1, 0.15) is 30.3 Å². The first-order valence-corrected chi connectivity index (χ1v) is 9.93. The predicted molar refractivity (Wildman–Crippen MR) is 119 cm³/mol. The molecule has 0 fully saturated rings. The second kappa shape index (κ2) is 9.19. The smallest absolute Gasteiger partial charge is 0.422 e. The fraction of sp³-hybridized carbons (Fsp3) is 0.174. The quantitative estimate of drug-likeness (QED) is 0.371. The molecule has 2 aromatic carbocycles. The maximum Gasteiger partial charge on any atom is 0.422 e. The number of nitrogens with zero attached hydrogens (tertiary/aromatic N) is 3. The van der Waals surface area contributed by atoms with E-state index in [2.05, 4.69) is 20.3 Å². The third-order valence-electron chi connectivity index (χ3n) is 4.70. The minimum atomic E-state index is -4.47. The number of fused-ring (bicyclic) bond motifs is 1. The van der Waals surface area contributed by atoms with Crippen LogP contribution in [0.4, 0.5) is 30.4 Å². The van der Waals surface area contributed by atoms with Crippen LogP contribution in [0, 0.1) is 6.92 Å². The van der Waals surface area contributed by atoms with Crippen molar-refractivity contribution >= 4 is 28.1 Å². The van der Waals surface area contributed by atoms with Gasteiger partial charge in [0.05, 0.1) is 16.9 Å². The Morgan fingerprint density at radius 3 is 2.55 bits per heavy atom. The van der Waals surface area contributed by atoms with Crippen molar-refractivity contribution < 1.29 is 22.6 Å². The number of nitrogens with two attached hydrogens (primary N) is 1. The maximum atomic E-state index is 12.5. The Morgan fingerprint density at radius 1 is 0.970 bits per heavy atom. The zero-order valence-corrected chi connectivity index (χ0v) is 17.6. The molecule has 170 valence electrons. The van der Waals surface area contributed by atoms with Crippen LogP contribution >= 0.6 is 0 Å². The predicted octanol–water partition coefficient (Wildman–Crippen LogP) is 5.18. The lowest BCUT2D eigenvalue weighted by Gasteiger charge is -2.14. The average Bonchev–Trinajstić information content (AvgIpc) is 2.78. The van der Waals surface area contributed by atoms with E-state index in [-0.39, 0.29) is 11.4 Å². The summed E-state index contributed by atoms with van der Waals surface area (Å²) < 4.78 is 48.1. The number of ether oxygens (including phenoxy) is 2. The molecule has 0 unspecified atom stereocenters. The Morgan fingerprint density at radius 2 is 1.82 bits per heavy atom. The Labute approximate surface area is 187 Å². The zero-order valence-electron chi connectivity index (χ0n) is 17.6. The molecule has 2 aromatic heterocycles. The van der Waals surface area contributed by atoms with Crippen LogP contribution in [0.5, 0.6) is 11.5 Å². The van der Waals surface area contributed by atoms with Crippen molar-refractivity contribution in [3.05, 3.63) is 72.3 Å². The molecule has 0 aliphatic rings. The summed E-state index contributed by atoms with van der Waals surface area (Å²) in [5.41, 5.74) is 8.82. The first-order valence-electron chi connectivity index (χ1n) is 9.93. The molecular formula is C23H20F3N5O2. The molecule has 0 saturated carbocycles. The molecular weight excluding hydrogens is 435 g/mol. The summed E-state index contributed by atoms with van der Waals surface area (Å²) in [5.74, 6) is 1.08. The number of benzene rings is 2. The van der Waals surface area contributed by atoms with Gasteiger partial charge in [-0.25, -0.2) is 9.97 Å². The van der Waals surface area contributed by atoms with E-state index >= 15 is 0 Å². The van der Waals surface area contributed by atoms with Crippen molar-refractivity contribution in [2.75, 3.05) is 17.7 Å². The molecule has 0 aliphatic carbocycles. The van der Waals surface area contributed by atoms with E-state index < -0.39 is 12.8 Å².